The van der Waals surface area contributed by atoms with E-state index >= 15 is 0 Å². The third kappa shape index (κ3) is 2.37. The number of nitrogens with two attached hydrogens (primary N) is 1. The van der Waals surface area contributed by atoms with Crippen LogP contribution in [0.25, 0.3) is 11.5 Å². The van der Waals surface area contributed by atoms with Crippen LogP contribution in [0.4, 0.5) is 0 Å². The molecular formula is C8H12N6S. The molecule has 15 heavy (non-hydrogen) atoms. The van der Waals surface area contributed by atoms with Gasteiger partial charge in [-0.25, -0.2) is 9.67 Å². The Morgan fingerprint density at radius 1 is 1.40 bits per heavy atom. The molecule has 0 aliphatic carbocycles. The monoisotopic (exact) mass is 224 g/mol. The number of rotatable bonds is 5. The number of aryl methyl sites for hydroxylation is 1. The quantitative estimate of drug-likeness (QED) is 0.749. The molecule has 0 spiro atoms. The van der Waals surface area contributed by atoms with Crippen molar-refractivity contribution in [2.24, 2.45) is 5.73 Å². The Labute approximate surface area is 91.1 Å². The molecule has 0 saturated carbocycles. The van der Waals surface area contributed by atoms with E-state index in [0.717, 1.165) is 30.9 Å². The van der Waals surface area contributed by atoms with Crippen LogP contribution in [0, 0.1) is 0 Å². The molecule has 6 nitrogen and oxygen atoms in total. The van der Waals surface area contributed by atoms with E-state index in [1.807, 2.05) is 5.38 Å². The van der Waals surface area contributed by atoms with Gasteiger partial charge in [0.15, 0.2) is 0 Å². The maximum absolute atomic E-state index is 5.43. The molecule has 0 radical (unpaired) electrons. The van der Waals surface area contributed by atoms with E-state index in [1.165, 1.54) is 11.3 Å². The van der Waals surface area contributed by atoms with Gasteiger partial charge in [-0.3, -0.25) is 0 Å². The Morgan fingerprint density at radius 2 is 2.33 bits per heavy atom. The van der Waals surface area contributed by atoms with E-state index in [9.17, 15) is 0 Å². The summed E-state index contributed by atoms with van der Waals surface area (Å²) < 4.78 is 1.77. The third-order valence-corrected chi connectivity index (χ3v) is 2.60. The maximum atomic E-state index is 5.43. The molecule has 2 heterocycles. The standard InChI is InChI=1S/C8H12N6S/c9-3-1-2-4-14-8(11-12-13-14)7-5-15-6-10-7/h5-6H,1-4,9H2. The normalized spacial score (nSPS) is 10.7. The second kappa shape index (κ2) is 4.94. The highest BCUT2D eigenvalue weighted by Gasteiger charge is 2.09. The lowest BCUT2D eigenvalue weighted by molar-refractivity contribution is 0.548. The van der Waals surface area contributed by atoms with Crippen LogP contribution in [0.1, 0.15) is 12.8 Å². The van der Waals surface area contributed by atoms with Crippen LogP contribution in [-0.4, -0.2) is 31.7 Å². The molecule has 0 unspecified atom stereocenters. The first kappa shape index (κ1) is 10.2. The summed E-state index contributed by atoms with van der Waals surface area (Å²) in [6.45, 7) is 1.49. The van der Waals surface area contributed by atoms with Gasteiger partial charge in [-0.2, -0.15) is 0 Å². The number of tetrazole rings is 1. The Morgan fingerprint density at radius 3 is 3.07 bits per heavy atom. The SMILES string of the molecule is NCCCCn1nnnc1-c1cscn1. The van der Waals surface area contributed by atoms with Crippen molar-refractivity contribution < 1.29 is 0 Å². The van der Waals surface area contributed by atoms with E-state index in [1.54, 1.807) is 10.2 Å². The van der Waals surface area contributed by atoms with Gasteiger partial charge < -0.3 is 5.73 Å². The van der Waals surface area contributed by atoms with E-state index in [4.69, 9.17) is 5.73 Å². The number of aromatic nitrogens is 5. The van der Waals surface area contributed by atoms with Crippen LogP contribution < -0.4 is 5.73 Å². The summed E-state index contributed by atoms with van der Waals surface area (Å²) in [5, 5.41) is 13.5. The molecule has 2 rings (SSSR count). The van der Waals surface area contributed by atoms with Crippen LogP contribution >= 0.6 is 11.3 Å². The molecule has 0 atom stereocenters. The summed E-state index contributed by atoms with van der Waals surface area (Å²) in [4.78, 5) is 4.18. The van der Waals surface area contributed by atoms with Crippen LogP contribution in [-0.2, 0) is 6.54 Å². The van der Waals surface area contributed by atoms with Crippen LogP contribution in [0.2, 0.25) is 0 Å². The minimum atomic E-state index is 0.703. The van der Waals surface area contributed by atoms with Crippen molar-refractivity contribution in [3.05, 3.63) is 10.9 Å². The molecule has 2 aromatic heterocycles. The Bertz CT molecular complexity index is 395. The Kier molecular flexibility index (Phi) is 3.36. The largest absolute Gasteiger partial charge is 0.330 e. The number of hydrogen-bond acceptors (Lipinski definition) is 6. The maximum Gasteiger partial charge on any atom is 0.201 e. The van der Waals surface area contributed by atoms with Gasteiger partial charge in [0, 0.05) is 11.9 Å². The first-order valence-corrected chi connectivity index (χ1v) is 5.71. The fourth-order valence-corrected chi connectivity index (χ4v) is 1.80. The van der Waals surface area contributed by atoms with E-state index in [-0.39, 0.29) is 0 Å². The Hall–Kier alpha value is -1.34. The second-order valence-electron chi connectivity index (χ2n) is 3.10. The minimum Gasteiger partial charge on any atom is -0.330 e. The van der Waals surface area contributed by atoms with Gasteiger partial charge in [-0.1, -0.05) is 0 Å². The first-order chi connectivity index (χ1) is 7.42. The molecule has 0 saturated heterocycles. The van der Waals surface area contributed by atoms with E-state index < -0.39 is 0 Å². The van der Waals surface area contributed by atoms with Gasteiger partial charge in [0.05, 0.1) is 5.51 Å². The predicted octanol–water partition coefficient (Wildman–Crippen LogP) is 0.536. The summed E-state index contributed by atoms with van der Waals surface area (Å²) in [6, 6.07) is 0. The van der Waals surface area contributed by atoms with Gasteiger partial charge in [-0.15, -0.1) is 16.4 Å². The van der Waals surface area contributed by atoms with Crippen molar-refractivity contribution in [3.8, 4) is 11.5 Å². The van der Waals surface area contributed by atoms with Gasteiger partial charge in [0.2, 0.25) is 5.82 Å². The zero-order valence-electron chi connectivity index (χ0n) is 8.20. The van der Waals surface area contributed by atoms with Crippen LogP contribution in [0.15, 0.2) is 10.9 Å². The number of unbranched alkanes of at least 4 members (excludes halogenated alkanes) is 1. The summed E-state index contributed by atoms with van der Waals surface area (Å²) in [6.07, 6.45) is 1.97. The fourth-order valence-electron chi connectivity index (χ4n) is 1.27. The highest BCUT2D eigenvalue weighted by molar-refractivity contribution is 7.07. The number of thiazole rings is 1. The molecule has 0 fully saturated rings. The highest BCUT2D eigenvalue weighted by Crippen LogP contribution is 2.15. The molecule has 7 heteroatoms. The van der Waals surface area contributed by atoms with Crippen molar-refractivity contribution in [3.63, 3.8) is 0 Å². The molecule has 2 N–H and O–H groups in total. The van der Waals surface area contributed by atoms with Gasteiger partial charge in [-0.05, 0) is 29.8 Å². The van der Waals surface area contributed by atoms with E-state index in [0.29, 0.717) is 6.54 Å². The number of hydrogen-bond donors (Lipinski definition) is 1. The summed E-state index contributed by atoms with van der Waals surface area (Å²) in [7, 11) is 0. The molecule has 0 aromatic carbocycles. The zero-order valence-corrected chi connectivity index (χ0v) is 9.02. The molecule has 0 bridgehead atoms. The number of nitrogens with zero attached hydrogens (tertiary/aromatic N) is 5. The average molecular weight is 224 g/mol. The van der Waals surface area contributed by atoms with Gasteiger partial charge >= 0.3 is 0 Å². The van der Waals surface area contributed by atoms with Crippen molar-refractivity contribution in [1.29, 1.82) is 0 Å². The van der Waals surface area contributed by atoms with Crippen LogP contribution in [0.3, 0.4) is 0 Å². The Balaban J connectivity index is 2.09. The lowest BCUT2D eigenvalue weighted by Crippen LogP contribution is -2.06. The predicted molar refractivity (Wildman–Crippen MR) is 57.2 cm³/mol. The molecule has 0 amide bonds. The topological polar surface area (TPSA) is 82.5 Å². The minimum absolute atomic E-state index is 0.703. The summed E-state index contributed by atoms with van der Waals surface area (Å²) in [5.74, 6) is 0.730. The average Bonchev–Trinajstić information content (AvgIpc) is 2.87. The van der Waals surface area contributed by atoms with Crippen molar-refractivity contribution in [1.82, 2.24) is 25.2 Å². The molecule has 80 valence electrons. The highest BCUT2D eigenvalue weighted by atomic mass is 32.1. The zero-order chi connectivity index (χ0) is 10.5. The van der Waals surface area contributed by atoms with Crippen LogP contribution in [0.5, 0.6) is 0 Å². The molecular weight excluding hydrogens is 212 g/mol. The lowest BCUT2D eigenvalue weighted by Gasteiger charge is -2.01. The lowest BCUT2D eigenvalue weighted by atomic mass is 10.3. The second-order valence-corrected chi connectivity index (χ2v) is 3.81. The van der Waals surface area contributed by atoms with Crippen molar-refractivity contribution >= 4 is 11.3 Å². The summed E-state index contributed by atoms with van der Waals surface area (Å²) in [5.41, 5.74) is 8.03. The first-order valence-electron chi connectivity index (χ1n) is 4.76. The fraction of sp³-hybridized carbons (Fsp3) is 0.500. The van der Waals surface area contributed by atoms with Crippen molar-refractivity contribution in [2.45, 2.75) is 19.4 Å². The molecule has 0 aliphatic heterocycles. The van der Waals surface area contributed by atoms with E-state index in [2.05, 4.69) is 20.5 Å². The third-order valence-electron chi connectivity index (χ3n) is 2.02. The molecule has 2 aromatic rings. The molecule has 0 aliphatic rings. The smallest absolute Gasteiger partial charge is 0.201 e. The van der Waals surface area contributed by atoms with Gasteiger partial charge in [0.25, 0.3) is 0 Å². The summed E-state index contributed by atoms with van der Waals surface area (Å²) >= 11 is 1.53. The van der Waals surface area contributed by atoms with Crippen molar-refractivity contribution in [2.75, 3.05) is 6.54 Å². The van der Waals surface area contributed by atoms with Gasteiger partial charge in [0.1, 0.15) is 5.69 Å².